The van der Waals surface area contributed by atoms with Crippen molar-refractivity contribution in [3.05, 3.63) is 28.2 Å². The molecule has 1 saturated heterocycles. The highest BCUT2D eigenvalue weighted by Crippen LogP contribution is 2.37. The third-order valence-electron chi connectivity index (χ3n) is 4.42. The average Bonchev–Trinajstić information content (AvgIpc) is 2.45. The highest BCUT2D eigenvalue weighted by Gasteiger charge is 2.29. The van der Waals surface area contributed by atoms with Crippen LogP contribution in [0.5, 0.6) is 0 Å². The van der Waals surface area contributed by atoms with Gasteiger partial charge in [0.25, 0.3) is 0 Å². The maximum Gasteiger partial charge on any atom is 0.173 e. The van der Waals surface area contributed by atoms with E-state index in [-0.39, 0.29) is 5.84 Å². The van der Waals surface area contributed by atoms with Crippen molar-refractivity contribution in [1.29, 1.82) is 0 Å². The van der Waals surface area contributed by atoms with E-state index in [0.29, 0.717) is 5.41 Å². The SMILES string of the molecule is CC(C)(C)C1CCN(c2cccc(Br)c2/C(N)=N/O)CC1. The summed E-state index contributed by atoms with van der Waals surface area (Å²) in [5, 5.41) is 12.2. The fourth-order valence-electron chi connectivity index (χ4n) is 3.07. The van der Waals surface area contributed by atoms with Gasteiger partial charge in [-0.15, -0.1) is 0 Å². The van der Waals surface area contributed by atoms with E-state index in [1.165, 1.54) is 12.8 Å². The van der Waals surface area contributed by atoms with Crippen molar-refractivity contribution >= 4 is 27.5 Å². The van der Waals surface area contributed by atoms with Gasteiger partial charge in [-0.1, -0.05) is 32.0 Å². The summed E-state index contributed by atoms with van der Waals surface area (Å²) in [5.74, 6) is 0.892. The Morgan fingerprint density at radius 1 is 1.33 bits per heavy atom. The van der Waals surface area contributed by atoms with Gasteiger partial charge in [-0.05, 0) is 52.2 Å². The first-order valence-corrected chi connectivity index (χ1v) is 8.15. The molecular formula is C16H24BrN3O. The standard InChI is InChI=1S/C16H24BrN3O/c1-16(2,3)11-7-9-20(10-8-11)13-6-4-5-12(17)14(13)15(18)19-21/h4-6,11,21H,7-10H2,1-3H3,(H2,18,19). The average molecular weight is 354 g/mol. The predicted octanol–water partition coefficient (Wildman–Crippen LogP) is 3.81. The molecule has 1 fully saturated rings. The van der Waals surface area contributed by atoms with Crippen LogP contribution in [0, 0.1) is 11.3 Å². The summed E-state index contributed by atoms with van der Waals surface area (Å²) in [4.78, 5) is 2.33. The Morgan fingerprint density at radius 2 is 1.95 bits per heavy atom. The first-order chi connectivity index (χ1) is 9.84. The number of anilines is 1. The molecule has 21 heavy (non-hydrogen) atoms. The van der Waals surface area contributed by atoms with Crippen LogP contribution >= 0.6 is 15.9 Å². The molecule has 0 spiro atoms. The fraction of sp³-hybridized carbons (Fsp3) is 0.562. The maximum absolute atomic E-state index is 9.01. The van der Waals surface area contributed by atoms with Crippen LogP contribution in [-0.4, -0.2) is 24.1 Å². The second-order valence-corrected chi connectivity index (χ2v) is 7.60. The van der Waals surface area contributed by atoms with Crippen molar-refractivity contribution in [3.8, 4) is 0 Å². The molecule has 0 unspecified atom stereocenters. The van der Waals surface area contributed by atoms with Crippen LogP contribution < -0.4 is 10.6 Å². The minimum Gasteiger partial charge on any atom is -0.409 e. The lowest BCUT2D eigenvalue weighted by Gasteiger charge is -2.40. The molecule has 0 bridgehead atoms. The third-order valence-corrected chi connectivity index (χ3v) is 5.08. The Morgan fingerprint density at radius 3 is 2.48 bits per heavy atom. The van der Waals surface area contributed by atoms with E-state index >= 15 is 0 Å². The molecule has 1 heterocycles. The van der Waals surface area contributed by atoms with Crippen molar-refractivity contribution in [3.63, 3.8) is 0 Å². The molecule has 3 N–H and O–H groups in total. The van der Waals surface area contributed by atoms with Gasteiger partial charge in [0, 0.05) is 23.2 Å². The Kier molecular flexibility index (Phi) is 4.81. The van der Waals surface area contributed by atoms with E-state index in [1.807, 2.05) is 18.2 Å². The molecule has 1 aliphatic rings. The second kappa shape index (κ2) is 6.26. The zero-order chi connectivity index (χ0) is 15.6. The molecule has 0 amide bonds. The second-order valence-electron chi connectivity index (χ2n) is 6.75. The Bertz CT molecular complexity index is 529. The summed E-state index contributed by atoms with van der Waals surface area (Å²) in [7, 11) is 0. The maximum atomic E-state index is 9.01. The van der Waals surface area contributed by atoms with Gasteiger partial charge in [0.05, 0.1) is 5.56 Å². The molecule has 0 radical (unpaired) electrons. The molecule has 116 valence electrons. The van der Waals surface area contributed by atoms with Gasteiger partial charge < -0.3 is 15.8 Å². The van der Waals surface area contributed by atoms with Gasteiger partial charge in [-0.2, -0.15) is 0 Å². The molecule has 1 aromatic rings. The molecule has 2 rings (SSSR count). The van der Waals surface area contributed by atoms with Gasteiger partial charge in [0.15, 0.2) is 5.84 Å². The molecule has 5 heteroatoms. The summed E-state index contributed by atoms with van der Waals surface area (Å²) in [5.41, 5.74) is 8.01. The van der Waals surface area contributed by atoms with Gasteiger partial charge >= 0.3 is 0 Å². The number of nitrogens with zero attached hydrogens (tertiary/aromatic N) is 2. The first-order valence-electron chi connectivity index (χ1n) is 7.36. The normalized spacial score (nSPS) is 18.1. The number of hydrogen-bond acceptors (Lipinski definition) is 3. The lowest BCUT2D eigenvalue weighted by atomic mass is 9.75. The van der Waals surface area contributed by atoms with Crippen LogP contribution in [0.25, 0.3) is 0 Å². The number of rotatable bonds is 2. The highest BCUT2D eigenvalue weighted by atomic mass is 79.9. The first kappa shape index (κ1) is 16.1. The van der Waals surface area contributed by atoms with Crippen LogP contribution in [0.15, 0.2) is 27.8 Å². The Labute approximate surface area is 135 Å². The summed E-state index contributed by atoms with van der Waals surface area (Å²) in [6.45, 7) is 8.95. The molecule has 0 aliphatic carbocycles. The molecule has 0 atom stereocenters. The monoisotopic (exact) mass is 353 g/mol. The van der Waals surface area contributed by atoms with Crippen LogP contribution in [0.4, 0.5) is 5.69 Å². The van der Waals surface area contributed by atoms with Crippen LogP contribution in [0.3, 0.4) is 0 Å². The topological polar surface area (TPSA) is 61.8 Å². The summed E-state index contributed by atoms with van der Waals surface area (Å²) in [6.07, 6.45) is 2.34. The van der Waals surface area contributed by atoms with E-state index in [2.05, 4.69) is 46.8 Å². The van der Waals surface area contributed by atoms with Crippen LogP contribution in [0.1, 0.15) is 39.2 Å². The number of nitrogens with two attached hydrogens (primary N) is 1. The number of benzene rings is 1. The third kappa shape index (κ3) is 3.51. The van der Waals surface area contributed by atoms with E-state index in [0.717, 1.165) is 34.7 Å². The highest BCUT2D eigenvalue weighted by molar-refractivity contribution is 9.10. The lowest BCUT2D eigenvalue weighted by molar-refractivity contribution is 0.199. The number of piperidine rings is 1. The summed E-state index contributed by atoms with van der Waals surface area (Å²) in [6, 6.07) is 5.94. The van der Waals surface area contributed by atoms with Gasteiger partial charge in [0.1, 0.15) is 0 Å². The molecular weight excluding hydrogens is 330 g/mol. The number of amidine groups is 1. The number of hydrogen-bond donors (Lipinski definition) is 2. The van der Waals surface area contributed by atoms with E-state index < -0.39 is 0 Å². The molecule has 1 aromatic carbocycles. The van der Waals surface area contributed by atoms with Crippen LogP contribution in [0.2, 0.25) is 0 Å². The lowest BCUT2D eigenvalue weighted by Crippen LogP contribution is -2.39. The van der Waals surface area contributed by atoms with Crippen molar-refractivity contribution in [2.45, 2.75) is 33.6 Å². The molecule has 0 saturated carbocycles. The minimum absolute atomic E-state index is 0.149. The number of halogens is 1. The quantitative estimate of drug-likeness (QED) is 0.367. The smallest absolute Gasteiger partial charge is 0.173 e. The zero-order valence-electron chi connectivity index (χ0n) is 12.9. The Balaban J connectivity index is 2.23. The van der Waals surface area contributed by atoms with E-state index in [4.69, 9.17) is 10.9 Å². The van der Waals surface area contributed by atoms with Crippen molar-refractivity contribution in [2.75, 3.05) is 18.0 Å². The minimum atomic E-state index is 0.149. The van der Waals surface area contributed by atoms with Gasteiger partial charge in [0.2, 0.25) is 0 Å². The van der Waals surface area contributed by atoms with Gasteiger partial charge in [-0.3, -0.25) is 0 Å². The van der Waals surface area contributed by atoms with Crippen molar-refractivity contribution in [1.82, 2.24) is 0 Å². The molecule has 1 aliphatic heterocycles. The molecule has 4 nitrogen and oxygen atoms in total. The fourth-order valence-corrected chi connectivity index (χ4v) is 3.63. The summed E-state index contributed by atoms with van der Waals surface area (Å²) < 4.78 is 0.855. The van der Waals surface area contributed by atoms with E-state index in [9.17, 15) is 0 Å². The largest absolute Gasteiger partial charge is 0.409 e. The number of oxime groups is 1. The Hall–Kier alpha value is -1.23. The summed E-state index contributed by atoms with van der Waals surface area (Å²) >= 11 is 3.50. The van der Waals surface area contributed by atoms with Gasteiger partial charge in [-0.25, -0.2) is 0 Å². The molecule has 0 aromatic heterocycles. The van der Waals surface area contributed by atoms with E-state index in [1.54, 1.807) is 0 Å². The zero-order valence-corrected chi connectivity index (χ0v) is 14.5. The van der Waals surface area contributed by atoms with Crippen LogP contribution in [-0.2, 0) is 0 Å². The predicted molar refractivity (Wildman–Crippen MR) is 91.0 cm³/mol. The van der Waals surface area contributed by atoms with Crippen molar-refractivity contribution in [2.24, 2.45) is 22.2 Å². The van der Waals surface area contributed by atoms with Crippen molar-refractivity contribution < 1.29 is 5.21 Å².